The monoisotopic (exact) mass is 386 g/mol. The molecule has 7 heteroatoms. The Morgan fingerprint density at radius 1 is 1.30 bits per heavy atom. The molecule has 2 amide bonds. The molecule has 3 rings (SSSR count). The molecule has 2 aromatic rings. The molecule has 1 N–H and O–H groups in total. The molecular weight excluding hydrogens is 367 g/mol. The Balaban J connectivity index is 1.87. The lowest BCUT2D eigenvalue weighted by molar-refractivity contribution is -0.114. The average molecular weight is 386 g/mol. The molecule has 1 aliphatic heterocycles. The molecule has 0 aromatic heterocycles. The minimum absolute atomic E-state index is 0.228. The summed E-state index contributed by atoms with van der Waals surface area (Å²) < 4.78 is 18.8. The molecule has 0 aliphatic carbocycles. The molecule has 0 saturated carbocycles. The Hall–Kier alpha value is -2.64. The number of carbonyl (C=O) groups excluding carboxylic acids is 2. The van der Waals surface area contributed by atoms with Crippen LogP contribution >= 0.6 is 11.8 Å². The van der Waals surface area contributed by atoms with Crippen LogP contribution < -0.4 is 10.2 Å². The summed E-state index contributed by atoms with van der Waals surface area (Å²) in [5, 5.41) is 2.75. The standard InChI is InChI=1S/C20H19FN2O3S/c1-23-16-11-14(19(24)22-9-10-26-2)7-8-17(16)27-18(20(23)25)12-13-5-3-4-6-15(13)21/h3-8,11-12H,9-10H2,1-2H3,(H,22,24). The third kappa shape index (κ3) is 4.20. The highest BCUT2D eigenvalue weighted by Gasteiger charge is 2.27. The third-order valence-corrected chi connectivity index (χ3v) is 5.18. The van der Waals surface area contributed by atoms with Crippen molar-refractivity contribution in [3.63, 3.8) is 0 Å². The van der Waals surface area contributed by atoms with Crippen LogP contribution in [0.1, 0.15) is 15.9 Å². The number of nitrogens with one attached hydrogen (secondary N) is 1. The Morgan fingerprint density at radius 2 is 2.07 bits per heavy atom. The predicted octanol–water partition coefficient (Wildman–Crippen LogP) is 3.31. The average Bonchev–Trinajstić information content (AvgIpc) is 2.67. The normalized spacial score (nSPS) is 15.0. The largest absolute Gasteiger partial charge is 0.383 e. The number of nitrogens with zero attached hydrogens (tertiary/aromatic N) is 1. The predicted molar refractivity (Wildman–Crippen MR) is 104 cm³/mol. The number of likely N-dealkylation sites (N-methyl/N-ethyl adjacent to an activating group) is 1. The number of carbonyl (C=O) groups is 2. The van der Waals surface area contributed by atoms with Crippen LogP contribution in [-0.2, 0) is 9.53 Å². The van der Waals surface area contributed by atoms with E-state index in [1.54, 1.807) is 56.6 Å². The quantitative estimate of drug-likeness (QED) is 0.633. The van der Waals surface area contributed by atoms with Gasteiger partial charge in [0.05, 0.1) is 17.2 Å². The minimum atomic E-state index is -0.380. The minimum Gasteiger partial charge on any atom is -0.383 e. The zero-order chi connectivity index (χ0) is 19.4. The fourth-order valence-corrected chi connectivity index (χ4v) is 3.72. The zero-order valence-corrected chi connectivity index (χ0v) is 15.8. The van der Waals surface area contributed by atoms with Gasteiger partial charge in [-0.05, 0) is 30.3 Å². The fraction of sp³-hybridized carbons (Fsp3) is 0.200. The van der Waals surface area contributed by atoms with Crippen molar-refractivity contribution in [1.82, 2.24) is 5.32 Å². The Labute approximate surface area is 161 Å². The van der Waals surface area contributed by atoms with E-state index in [0.717, 1.165) is 4.90 Å². The van der Waals surface area contributed by atoms with Gasteiger partial charge in [-0.25, -0.2) is 4.39 Å². The maximum atomic E-state index is 13.9. The van der Waals surface area contributed by atoms with Crippen molar-refractivity contribution < 1.29 is 18.7 Å². The van der Waals surface area contributed by atoms with Gasteiger partial charge in [-0.2, -0.15) is 0 Å². The summed E-state index contributed by atoms with van der Waals surface area (Å²) in [6, 6.07) is 11.5. The van der Waals surface area contributed by atoms with Gasteiger partial charge < -0.3 is 15.0 Å². The molecule has 0 unspecified atom stereocenters. The van der Waals surface area contributed by atoms with Gasteiger partial charge in [-0.15, -0.1) is 0 Å². The van der Waals surface area contributed by atoms with E-state index in [-0.39, 0.29) is 17.6 Å². The van der Waals surface area contributed by atoms with E-state index in [0.29, 0.717) is 34.9 Å². The highest BCUT2D eigenvalue weighted by molar-refractivity contribution is 8.04. The summed E-state index contributed by atoms with van der Waals surface area (Å²) in [6.07, 6.45) is 1.55. The van der Waals surface area contributed by atoms with Gasteiger partial charge in [0.15, 0.2) is 0 Å². The summed E-state index contributed by atoms with van der Waals surface area (Å²) in [5.41, 5.74) is 1.47. The molecule has 2 aromatic carbocycles. The van der Waals surface area contributed by atoms with E-state index in [4.69, 9.17) is 4.74 Å². The van der Waals surface area contributed by atoms with Crippen molar-refractivity contribution in [3.8, 4) is 0 Å². The number of benzene rings is 2. The van der Waals surface area contributed by atoms with E-state index in [9.17, 15) is 14.0 Å². The van der Waals surface area contributed by atoms with Gasteiger partial charge in [-0.1, -0.05) is 30.0 Å². The molecular formula is C20H19FN2O3S. The number of rotatable bonds is 5. The van der Waals surface area contributed by atoms with Crippen molar-refractivity contribution in [2.24, 2.45) is 0 Å². The SMILES string of the molecule is COCCNC(=O)c1ccc2c(c1)N(C)C(=O)C(=Cc1ccccc1F)S2. The first-order valence-corrected chi connectivity index (χ1v) is 9.16. The van der Waals surface area contributed by atoms with Crippen LogP contribution in [0.5, 0.6) is 0 Å². The second-order valence-corrected chi connectivity index (χ2v) is 7.01. The third-order valence-electron chi connectivity index (χ3n) is 4.10. The van der Waals surface area contributed by atoms with Gasteiger partial charge in [0.2, 0.25) is 0 Å². The molecule has 0 atom stereocenters. The first-order valence-electron chi connectivity index (χ1n) is 8.34. The van der Waals surface area contributed by atoms with Crippen molar-refractivity contribution in [3.05, 3.63) is 64.3 Å². The van der Waals surface area contributed by atoms with Crippen molar-refractivity contribution in [2.75, 3.05) is 32.2 Å². The lowest BCUT2D eigenvalue weighted by Gasteiger charge is -2.27. The summed E-state index contributed by atoms with van der Waals surface area (Å²) in [5.74, 6) is -0.851. The van der Waals surface area contributed by atoms with Gasteiger partial charge in [0.25, 0.3) is 11.8 Å². The van der Waals surface area contributed by atoms with E-state index >= 15 is 0 Å². The van der Waals surface area contributed by atoms with Crippen LogP contribution in [0, 0.1) is 5.82 Å². The number of hydrogen-bond acceptors (Lipinski definition) is 4. The highest BCUT2D eigenvalue weighted by atomic mass is 32.2. The molecule has 1 aliphatic rings. The second kappa shape index (κ2) is 8.37. The lowest BCUT2D eigenvalue weighted by Crippen LogP contribution is -2.31. The smallest absolute Gasteiger partial charge is 0.264 e. The van der Waals surface area contributed by atoms with Gasteiger partial charge >= 0.3 is 0 Å². The van der Waals surface area contributed by atoms with Gasteiger partial charge in [0, 0.05) is 36.7 Å². The van der Waals surface area contributed by atoms with Crippen molar-refractivity contribution >= 4 is 35.3 Å². The van der Waals surface area contributed by atoms with Crippen LogP contribution in [0.25, 0.3) is 6.08 Å². The molecule has 0 spiro atoms. The fourth-order valence-electron chi connectivity index (χ4n) is 2.64. The van der Waals surface area contributed by atoms with Crippen molar-refractivity contribution in [2.45, 2.75) is 4.90 Å². The highest BCUT2D eigenvalue weighted by Crippen LogP contribution is 2.42. The number of methoxy groups -OCH3 is 1. The van der Waals surface area contributed by atoms with Gasteiger partial charge in [-0.3, -0.25) is 9.59 Å². The van der Waals surface area contributed by atoms with Crippen LogP contribution in [0.15, 0.2) is 52.3 Å². The first-order chi connectivity index (χ1) is 13.0. The maximum Gasteiger partial charge on any atom is 0.264 e. The van der Waals surface area contributed by atoms with Crippen LogP contribution in [0.3, 0.4) is 0 Å². The second-order valence-electron chi connectivity index (χ2n) is 5.93. The number of amides is 2. The van der Waals surface area contributed by atoms with Crippen LogP contribution in [-0.4, -0.2) is 39.1 Å². The number of anilines is 1. The van der Waals surface area contributed by atoms with E-state index in [2.05, 4.69) is 5.32 Å². The van der Waals surface area contributed by atoms with E-state index in [1.165, 1.54) is 22.7 Å². The summed E-state index contributed by atoms with van der Waals surface area (Å²) in [6.45, 7) is 0.834. The number of fused-ring (bicyclic) bond motifs is 1. The molecule has 0 radical (unpaired) electrons. The number of halogens is 1. The number of thioether (sulfide) groups is 1. The summed E-state index contributed by atoms with van der Waals surface area (Å²) in [7, 11) is 3.21. The Morgan fingerprint density at radius 3 is 2.81 bits per heavy atom. The molecule has 0 bridgehead atoms. The summed E-state index contributed by atoms with van der Waals surface area (Å²) >= 11 is 1.27. The Kier molecular flexibility index (Phi) is 5.93. The number of ether oxygens (including phenoxy) is 1. The lowest BCUT2D eigenvalue weighted by atomic mass is 10.1. The molecule has 0 fully saturated rings. The maximum absolute atomic E-state index is 13.9. The molecule has 27 heavy (non-hydrogen) atoms. The number of hydrogen-bond donors (Lipinski definition) is 1. The molecule has 0 saturated heterocycles. The van der Waals surface area contributed by atoms with E-state index in [1.807, 2.05) is 0 Å². The van der Waals surface area contributed by atoms with Crippen LogP contribution in [0.2, 0.25) is 0 Å². The first kappa shape index (κ1) is 19.1. The van der Waals surface area contributed by atoms with E-state index < -0.39 is 0 Å². The molecule has 140 valence electrons. The Bertz CT molecular complexity index is 914. The molecule has 1 heterocycles. The van der Waals surface area contributed by atoms with Crippen molar-refractivity contribution in [1.29, 1.82) is 0 Å². The topological polar surface area (TPSA) is 58.6 Å². The van der Waals surface area contributed by atoms with Gasteiger partial charge in [0.1, 0.15) is 5.82 Å². The van der Waals surface area contributed by atoms with Crippen LogP contribution in [0.4, 0.5) is 10.1 Å². The molecule has 5 nitrogen and oxygen atoms in total. The zero-order valence-electron chi connectivity index (χ0n) is 15.0. The summed E-state index contributed by atoms with van der Waals surface area (Å²) in [4.78, 5) is 27.6.